The molecule has 21 heavy (non-hydrogen) atoms. The maximum atomic E-state index is 11.5. The second-order valence-corrected chi connectivity index (χ2v) is 6.64. The highest BCUT2D eigenvalue weighted by Gasteiger charge is 2.39. The molecular formula is C15H22BNO4. The molecule has 5 nitrogen and oxygen atoms in total. The number of hydrogen-bond donors (Lipinski definition) is 3. The number of rotatable bonds is 4. The summed E-state index contributed by atoms with van der Waals surface area (Å²) in [6, 6.07) is 3.56. The molecular weight excluding hydrogens is 269 g/mol. The highest BCUT2D eigenvalue weighted by atomic mass is 16.5. The fraction of sp³-hybridized carbons (Fsp3) is 0.533. The molecule has 1 aliphatic heterocycles. The van der Waals surface area contributed by atoms with Crippen LogP contribution in [0.1, 0.15) is 38.8 Å². The van der Waals surface area contributed by atoms with E-state index in [1.54, 1.807) is 39.8 Å². The van der Waals surface area contributed by atoms with Crippen LogP contribution in [0, 0.1) is 6.92 Å². The molecule has 1 aromatic carbocycles. The normalized spacial score (nSPS) is 14.9. The SMILES string of the molecule is Cc1cc(B(O)OC(C)(C)C(C)(C)O)cc2c1NC(=O)C2. The smallest absolute Gasteiger partial charge is 0.423 e. The lowest BCUT2D eigenvalue weighted by Gasteiger charge is -2.38. The van der Waals surface area contributed by atoms with Gasteiger partial charge in [-0.25, -0.2) is 0 Å². The lowest BCUT2D eigenvalue weighted by molar-refractivity contribution is -0.115. The summed E-state index contributed by atoms with van der Waals surface area (Å²) in [4.78, 5) is 11.5. The second-order valence-electron chi connectivity index (χ2n) is 6.64. The summed E-state index contributed by atoms with van der Waals surface area (Å²) in [7, 11) is -1.16. The van der Waals surface area contributed by atoms with E-state index in [1.165, 1.54) is 0 Å². The molecule has 114 valence electrons. The van der Waals surface area contributed by atoms with Gasteiger partial charge in [0.1, 0.15) is 0 Å². The van der Waals surface area contributed by atoms with Gasteiger partial charge < -0.3 is 20.1 Å². The molecule has 0 aliphatic carbocycles. The zero-order valence-corrected chi connectivity index (χ0v) is 13.2. The van der Waals surface area contributed by atoms with Crippen LogP contribution in [0.3, 0.4) is 0 Å². The van der Waals surface area contributed by atoms with Gasteiger partial charge in [0.25, 0.3) is 0 Å². The lowest BCUT2D eigenvalue weighted by Crippen LogP contribution is -2.53. The van der Waals surface area contributed by atoms with Crippen LogP contribution in [-0.2, 0) is 15.9 Å². The van der Waals surface area contributed by atoms with Crippen LogP contribution in [0.5, 0.6) is 0 Å². The van der Waals surface area contributed by atoms with E-state index in [9.17, 15) is 14.9 Å². The fourth-order valence-corrected chi connectivity index (χ4v) is 2.20. The number of fused-ring (bicyclic) bond motifs is 1. The van der Waals surface area contributed by atoms with Crippen molar-refractivity contribution in [3.05, 3.63) is 23.3 Å². The molecule has 0 aromatic heterocycles. The van der Waals surface area contributed by atoms with Crippen LogP contribution in [0.15, 0.2) is 12.1 Å². The number of amides is 1. The monoisotopic (exact) mass is 291 g/mol. The predicted octanol–water partition coefficient (Wildman–Crippen LogP) is 0.743. The highest BCUT2D eigenvalue weighted by Crippen LogP contribution is 2.28. The van der Waals surface area contributed by atoms with Crippen LogP contribution in [0.2, 0.25) is 0 Å². The van der Waals surface area contributed by atoms with Gasteiger partial charge in [-0.1, -0.05) is 12.1 Å². The standard InChI is InChI=1S/C15H22BNO4/c1-9-6-11(7-10-8-12(18)17-13(9)10)16(20)21-15(4,5)14(2,3)19/h6-7,19-20H,8H2,1-5H3,(H,17,18). The van der Waals surface area contributed by atoms with Crippen molar-refractivity contribution in [2.24, 2.45) is 0 Å². The number of aryl methyl sites for hydroxylation is 1. The molecule has 1 heterocycles. The summed E-state index contributed by atoms with van der Waals surface area (Å²) in [6.45, 7) is 8.59. The highest BCUT2D eigenvalue weighted by molar-refractivity contribution is 6.60. The van der Waals surface area contributed by atoms with E-state index < -0.39 is 18.3 Å². The number of carbonyl (C=O) groups is 1. The van der Waals surface area contributed by atoms with Crippen molar-refractivity contribution in [3.63, 3.8) is 0 Å². The Labute approximate surface area is 125 Å². The number of anilines is 1. The van der Waals surface area contributed by atoms with Gasteiger partial charge in [0, 0.05) is 5.69 Å². The average molecular weight is 291 g/mol. The van der Waals surface area contributed by atoms with E-state index in [2.05, 4.69) is 5.32 Å². The largest absolute Gasteiger partial charge is 0.491 e. The number of benzene rings is 1. The lowest BCUT2D eigenvalue weighted by atomic mass is 9.75. The molecule has 0 unspecified atom stereocenters. The fourth-order valence-electron chi connectivity index (χ4n) is 2.20. The minimum absolute atomic E-state index is 0.0440. The van der Waals surface area contributed by atoms with Crippen LogP contribution >= 0.6 is 0 Å². The Morgan fingerprint density at radius 1 is 1.29 bits per heavy atom. The minimum Gasteiger partial charge on any atom is -0.423 e. The minimum atomic E-state index is -1.16. The molecule has 0 spiro atoms. The Bertz CT molecular complexity index is 578. The summed E-state index contributed by atoms with van der Waals surface area (Å²) < 4.78 is 5.63. The van der Waals surface area contributed by atoms with Gasteiger partial charge in [-0.05, 0) is 51.2 Å². The average Bonchev–Trinajstić information content (AvgIpc) is 2.68. The quantitative estimate of drug-likeness (QED) is 0.715. The number of nitrogens with one attached hydrogen (secondary N) is 1. The molecule has 0 fully saturated rings. The Morgan fingerprint density at radius 2 is 1.90 bits per heavy atom. The van der Waals surface area contributed by atoms with Crippen LogP contribution in [-0.4, -0.2) is 34.4 Å². The van der Waals surface area contributed by atoms with Gasteiger partial charge in [-0.15, -0.1) is 0 Å². The van der Waals surface area contributed by atoms with E-state index >= 15 is 0 Å². The van der Waals surface area contributed by atoms with Crippen molar-refractivity contribution in [3.8, 4) is 0 Å². The van der Waals surface area contributed by atoms with Gasteiger partial charge in [0.2, 0.25) is 5.91 Å². The summed E-state index contributed by atoms with van der Waals surface area (Å²) in [6.07, 6.45) is 0.311. The molecule has 1 aromatic rings. The summed E-state index contributed by atoms with van der Waals surface area (Å²) >= 11 is 0. The third-order valence-electron chi connectivity index (χ3n) is 4.22. The Hall–Kier alpha value is -1.37. The van der Waals surface area contributed by atoms with Crippen molar-refractivity contribution >= 4 is 24.2 Å². The summed E-state index contributed by atoms with van der Waals surface area (Å²) in [5, 5.41) is 23.2. The van der Waals surface area contributed by atoms with Crippen molar-refractivity contribution in [2.45, 2.75) is 52.2 Å². The van der Waals surface area contributed by atoms with E-state index in [4.69, 9.17) is 4.65 Å². The first-order chi connectivity index (χ1) is 9.51. The van der Waals surface area contributed by atoms with E-state index in [1.807, 2.05) is 6.92 Å². The van der Waals surface area contributed by atoms with Crippen molar-refractivity contribution < 1.29 is 19.6 Å². The zero-order chi connectivity index (χ0) is 16.0. The number of carbonyl (C=O) groups excluding carboxylic acids is 1. The van der Waals surface area contributed by atoms with Crippen LogP contribution in [0.4, 0.5) is 5.69 Å². The first-order valence-corrected chi connectivity index (χ1v) is 7.03. The summed E-state index contributed by atoms with van der Waals surface area (Å²) in [5.74, 6) is -0.0440. The maximum Gasteiger partial charge on any atom is 0.491 e. The van der Waals surface area contributed by atoms with Crippen LogP contribution < -0.4 is 10.8 Å². The molecule has 2 rings (SSSR count). The van der Waals surface area contributed by atoms with Gasteiger partial charge in [0.15, 0.2) is 0 Å². The molecule has 0 radical (unpaired) electrons. The van der Waals surface area contributed by atoms with Crippen molar-refractivity contribution in [1.29, 1.82) is 0 Å². The third-order valence-corrected chi connectivity index (χ3v) is 4.22. The van der Waals surface area contributed by atoms with E-state index in [-0.39, 0.29) is 5.91 Å². The van der Waals surface area contributed by atoms with Gasteiger partial charge >= 0.3 is 7.12 Å². The molecule has 6 heteroatoms. The zero-order valence-electron chi connectivity index (χ0n) is 13.2. The first kappa shape index (κ1) is 16.0. The van der Waals surface area contributed by atoms with Crippen molar-refractivity contribution in [1.82, 2.24) is 0 Å². The molecule has 0 atom stereocenters. The summed E-state index contributed by atoms with van der Waals surface area (Å²) in [5.41, 5.74) is 1.12. The Morgan fingerprint density at radius 3 is 2.48 bits per heavy atom. The molecule has 1 amide bonds. The number of hydrogen-bond acceptors (Lipinski definition) is 4. The Balaban J connectivity index is 2.26. The maximum absolute atomic E-state index is 11.5. The van der Waals surface area contributed by atoms with E-state index in [0.717, 1.165) is 16.8 Å². The van der Waals surface area contributed by atoms with Gasteiger partial charge in [-0.3, -0.25) is 4.79 Å². The molecule has 0 saturated carbocycles. The van der Waals surface area contributed by atoms with E-state index in [0.29, 0.717) is 11.9 Å². The third kappa shape index (κ3) is 3.12. The molecule has 0 bridgehead atoms. The predicted molar refractivity (Wildman–Crippen MR) is 82.6 cm³/mol. The van der Waals surface area contributed by atoms with Crippen LogP contribution in [0.25, 0.3) is 0 Å². The second kappa shape index (κ2) is 5.12. The first-order valence-electron chi connectivity index (χ1n) is 7.03. The van der Waals surface area contributed by atoms with Gasteiger partial charge in [-0.2, -0.15) is 0 Å². The molecule has 0 saturated heterocycles. The number of aliphatic hydroxyl groups is 1. The van der Waals surface area contributed by atoms with Gasteiger partial charge in [0.05, 0.1) is 17.6 Å². The Kier molecular flexibility index (Phi) is 3.91. The molecule has 3 N–H and O–H groups in total. The molecule has 1 aliphatic rings. The van der Waals surface area contributed by atoms with Crippen molar-refractivity contribution in [2.75, 3.05) is 5.32 Å². The topological polar surface area (TPSA) is 78.8 Å².